The third-order valence-corrected chi connectivity index (χ3v) is 5.05. The van der Waals surface area contributed by atoms with Gasteiger partial charge in [0.05, 0.1) is 10.2 Å². The summed E-state index contributed by atoms with van der Waals surface area (Å²) >= 11 is 4.75. The third kappa shape index (κ3) is 4.52. The number of benzene rings is 2. The number of hydrogen-bond donors (Lipinski definition) is 1. The molecule has 0 aliphatic carbocycles. The van der Waals surface area contributed by atoms with Gasteiger partial charge < -0.3 is 5.32 Å². The van der Waals surface area contributed by atoms with Gasteiger partial charge in [0.15, 0.2) is 0 Å². The molecular weight excluding hydrogens is 387 g/mol. The smallest absolute Gasteiger partial charge is 0.306 e. The first-order valence-corrected chi connectivity index (χ1v) is 8.21. The number of thioether (sulfide) groups is 1. The maximum atomic E-state index is 13.3. The Morgan fingerprint density at radius 1 is 1.35 bits per heavy atom. The van der Waals surface area contributed by atoms with Gasteiger partial charge in [-0.05, 0) is 47.1 Å². The minimum atomic E-state index is -0.941. The van der Waals surface area contributed by atoms with Crippen LogP contribution in [-0.2, 0) is 4.79 Å². The number of rotatable bonds is 5. The van der Waals surface area contributed by atoms with Crippen molar-refractivity contribution >= 4 is 45.0 Å². The van der Waals surface area contributed by atoms with Gasteiger partial charge in [0.25, 0.3) is 0 Å². The SMILES string of the molecule is CC(Sc1ccccc1Br)C(=O)Nc1ccc(F)c([N+](=O)[O-])c1. The maximum absolute atomic E-state index is 13.3. The highest BCUT2D eigenvalue weighted by molar-refractivity contribution is 9.10. The molecule has 23 heavy (non-hydrogen) atoms. The molecule has 120 valence electrons. The molecule has 5 nitrogen and oxygen atoms in total. The van der Waals surface area contributed by atoms with E-state index in [4.69, 9.17) is 0 Å². The van der Waals surface area contributed by atoms with Crippen LogP contribution in [0.3, 0.4) is 0 Å². The van der Waals surface area contributed by atoms with Crippen molar-refractivity contribution in [1.82, 2.24) is 0 Å². The van der Waals surface area contributed by atoms with Crippen LogP contribution in [0.25, 0.3) is 0 Å². The van der Waals surface area contributed by atoms with Gasteiger partial charge in [-0.15, -0.1) is 11.8 Å². The van der Waals surface area contributed by atoms with E-state index in [0.29, 0.717) is 0 Å². The summed E-state index contributed by atoms with van der Waals surface area (Å²) in [6.07, 6.45) is 0. The molecule has 0 spiro atoms. The fourth-order valence-electron chi connectivity index (χ4n) is 1.76. The van der Waals surface area contributed by atoms with Gasteiger partial charge in [-0.3, -0.25) is 14.9 Å². The molecule has 0 bridgehead atoms. The van der Waals surface area contributed by atoms with E-state index in [0.717, 1.165) is 21.5 Å². The summed E-state index contributed by atoms with van der Waals surface area (Å²) in [4.78, 5) is 23.0. The predicted octanol–water partition coefficient (Wildman–Crippen LogP) is 4.62. The van der Waals surface area contributed by atoms with Gasteiger partial charge in [-0.2, -0.15) is 4.39 Å². The van der Waals surface area contributed by atoms with Crippen LogP contribution < -0.4 is 5.32 Å². The van der Waals surface area contributed by atoms with E-state index in [2.05, 4.69) is 21.2 Å². The fourth-order valence-corrected chi connectivity index (χ4v) is 3.21. The summed E-state index contributed by atoms with van der Waals surface area (Å²) in [5.74, 6) is -1.27. The molecule has 1 amide bonds. The summed E-state index contributed by atoms with van der Waals surface area (Å²) in [5.41, 5.74) is -0.489. The topological polar surface area (TPSA) is 72.2 Å². The van der Waals surface area contributed by atoms with Crippen molar-refractivity contribution in [3.8, 4) is 0 Å². The standard InChI is InChI=1S/C15H12BrFN2O3S/c1-9(23-14-5-3-2-4-11(14)16)15(20)18-10-6-7-12(17)13(8-10)19(21)22/h2-9H,1H3,(H,18,20). The largest absolute Gasteiger partial charge is 0.325 e. The van der Waals surface area contributed by atoms with Crippen LogP contribution in [-0.4, -0.2) is 16.1 Å². The highest BCUT2D eigenvalue weighted by Gasteiger charge is 2.19. The zero-order chi connectivity index (χ0) is 17.0. The Morgan fingerprint density at radius 3 is 2.70 bits per heavy atom. The van der Waals surface area contributed by atoms with Crippen LogP contribution in [0.1, 0.15) is 6.92 Å². The van der Waals surface area contributed by atoms with Crippen LogP contribution in [0, 0.1) is 15.9 Å². The molecular formula is C15H12BrFN2O3S. The average Bonchev–Trinajstić information content (AvgIpc) is 2.51. The van der Waals surface area contributed by atoms with Gasteiger partial charge in [0.1, 0.15) is 0 Å². The molecule has 2 rings (SSSR count). The van der Waals surface area contributed by atoms with Crippen molar-refractivity contribution < 1.29 is 14.1 Å². The van der Waals surface area contributed by atoms with E-state index >= 15 is 0 Å². The first-order chi connectivity index (χ1) is 10.9. The van der Waals surface area contributed by atoms with E-state index in [9.17, 15) is 19.3 Å². The van der Waals surface area contributed by atoms with Crippen LogP contribution >= 0.6 is 27.7 Å². The van der Waals surface area contributed by atoms with E-state index in [1.807, 2.05) is 24.3 Å². The molecule has 1 unspecified atom stereocenters. The minimum Gasteiger partial charge on any atom is -0.325 e. The average molecular weight is 399 g/mol. The second kappa shape index (κ2) is 7.56. The monoisotopic (exact) mass is 398 g/mol. The van der Waals surface area contributed by atoms with Crippen molar-refractivity contribution in [3.05, 3.63) is 62.9 Å². The van der Waals surface area contributed by atoms with Crippen molar-refractivity contribution in [2.75, 3.05) is 5.32 Å². The number of amides is 1. The summed E-state index contributed by atoms with van der Waals surface area (Å²) in [6, 6.07) is 10.7. The third-order valence-electron chi connectivity index (χ3n) is 2.92. The number of nitrogens with zero attached hydrogens (tertiary/aromatic N) is 1. The molecule has 0 saturated heterocycles. The number of nitro groups is 1. The number of anilines is 1. The molecule has 0 fully saturated rings. The van der Waals surface area contributed by atoms with Crippen LogP contribution in [0.5, 0.6) is 0 Å². The second-order valence-electron chi connectivity index (χ2n) is 4.60. The molecule has 1 N–H and O–H groups in total. The highest BCUT2D eigenvalue weighted by Crippen LogP contribution is 2.31. The Bertz CT molecular complexity index is 757. The summed E-state index contributed by atoms with van der Waals surface area (Å²) < 4.78 is 14.2. The number of halogens is 2. The molecule has 0 saturated carbocycles. The van der Waals surface area contributed by atoms with Crippen molar-refractivity contribution in [3.63, 3.8) is 0 Å². The minimum absolute atomic E-state index is 0.183. The second-order valence-corrected chi connectivity index (χ2v) is 6.84. The van der Waals surface area contributed by atoms with Crippen LogP contribution in [0.4, 0.5) is 15.8 Å². The molecule has 0 heterocycles. The lowest BCUT2D eigenvalue weighted by Gasteiger charge is -2.13. The van der Waals surface area contributed by atoms with Crippen molar-refractivity contribution in [1.29, 1.82) is 0 Å². The zero-order valence-corrected chi connectivity index (χ0v) is 14.4. The lowest BCUT2D eigenvalue weighted by Crippen LogP contribution is -2.22. The van der Waals surface area contributed by atoms with E-state index < -0.39 is 21.7 Å². The first-order valence-electron chi connectivity index (χ1n) is 6.54. The summed E-state index contributed by atoms with van der Waals surface area (Å²) in [7, 11) is 0. The maximum Gasteiger partial charge on any atom is 0.306 e. The Morgan fingerprint density at radius 2 is 2.04 bits per heavy atom. The summed E-state index contributed by atoms with van der Waals surface area (Å²) in [5, 5.41) is 12.8. The highest BCUT2D eigenvalue weighted by atomic mass is 79.9. The molecule has 0 aromatic heterocycles. The van der Waals surface area contributed by atoms with Gasteiger partial charge in [-0.1, -0.05) is 12.1 Å². The molecule has 0 radical (unpaired) electrons. The lowest BCUT2D eigenvalue weighted by molar-refractivity contribution is -0.387. The van der Waals surface area contributed by atoms with E-state index in [-0.39, 0.29) is 11.6 Å². The lowest BCUT2D eigenvalue weighted by atomic mass is 10.2. The van der Waals surface area contributed by atoms with Crippen LogP contribution in [0.2, 0.25) is 0 Å². The number of carbonyl (C=O) groups excluding carboxylic acids is 1. The normalized spacial score (nSPS) is 11.8. The first kappa shape index (κ1) is 17.4. The number of nitrogens with one attached hydrogen (secondary N) is 1. The van der Waals surface area contributed by atoms with Crippen LogP contribution in [0.15, 0.2) is 51.8 Å². The quantitative estimate of drug-likeness (QED) is 0.453. The van der Waals surface area contributed by atoms with Gasteiger partial charge in [0, 0.05) is 21.1 Å². The number of nitro benzene ring substituents is 1. The Hall–Kier alpha value is -1.93. The number of hydrogen-bond acceptors (Lipinski definition) is 4. The summed E-state index contributed by atoms with van der Waals surface area (Å²) in [6.45, 7) is 1.72. The van der Waals surface area contributed by atoms with Gasteiger partial charge in [-0.25, -0.2) is 0 Å². The Kier molecular flexibility index (Phi) is 5.73. The molecule has 1 atom stereocenters. The van der Waals surface area contributed by atoms with E-state index in [1.165, 1.54) is 17.8 Å². The molecule has 0 aliphatic rings. The van der Waals surface area contributed by atoms with E-state index in [1.54, 1.807) is 6.92 Å². The molecule has 2 aromatic carbocycles. The Balaban J connectivity index is 2.08. The van der Waals surface area contributed by atoms with Crippen molar-refractivity contribution in [2.24, 2.45) is 0 Å². The molecule has 2 aromatic rings. The molecule has 0 aliphatic heterocycles. The Labute approximate surface area is 144 Å². The fraction of sp³-hybridized carbons (Fsp3) is 0.133. The predicted molar refractivity (Wildman–Crippen MR) is 91.1 cm³/mol. The van der Waals surface area contributed by atoms with Gasteiger partial charge >= 0.3 is 5.69 Å². The molecule has 8 heteroatoms. The van der Waals surface area contributed by atoms with Crippen molar-refractivity contribution in [2.45, 2.75) is 17.1 Å². The van der Waals surface area contributed by atoms with Gasteiger partial charge in [0.2, 0.25) is 11.7 Å². The zero-order valence-electron chi connectivity index (χ0n) is 12.0. The number of carbonyl (C=O) groups is 1.